The number of aliphatic hydroxyl groups excluding tert-OH is 2. The smallest absolute Gasteiger partial charge is 0.337 e. The predicted octanol–water partition coefficient (Wildman–Crippen LogP) is 1.79. The van der Waals surface area contributed by atoms with Crippen molar-refractivity contribution in [1.82, 2.24) is 0 Å². The zero-order valence-corrected chi connectivity index (χ0v) is 11.4. The zero-order valence-electron chi connectivity index (χ0n) is 9.77. The summed E-state index contributed by atoms with van der Waals surface area (Å²) in [5.41, 5.74) is 0.0111. The molecule has 0 aliphatic carbocycles. The Morgan fingerprint density at radius 2 is 2.17 bits per heavy atom. The van der Waals surface area contributed by atoms with Crippen molar-refractivity contribution in [3.63, 3.8) is 0 Å². The molecule has 0 bridgehead atoms. The molecule has 0 radical (unpaired) electrons. The van der Waals surface area contributed by atoms with Crippen LogP contribution in [0.15, 0.2) is 18.2 Å². The minimum absolute atomic E-state index is 0.0453. The first kappa shape index (κ1) is 15.1. The summed E-state index contributed by atoms with van der Waals surface area (Å²) >= 11 is 3.12. The molecule has 0 fully saturated rings. The highest BCUT2D eigenvalue weighted by Gasteiger charge is 2.22. The maximum Gasteiger partial charge on any atom is 0.337 e. The SMILES string of the molecule is COC(=O)c1ccc(C(O)C(O)CCBr)c(F)c1. The van der Waals surface area contributed by atoms with Crippen molar-refractivity contribution in [2.24, 2.45) is 0 Å². The van der Waals surface area contributed by atoms with E-state index in [2.05, 4.69) is 20.7 Å². The lowest BCUT2D eigenvalue weighted by Crippen LogP contribution is -2.20. The molecular weight excluding hydrogens is 307 g/mol. The number of aliphatic hydroxyl groups is 2. The van der Waals surface area contributed by atoms with Gasteiger partial charge in [0.1, 0.15) is 11.9 Å². The minimum Gasteiger partial charge on any atom is -0.465 e. The zero-order chi connectivity index (χ0) is 13.7. The van der Waals surface area contributed by atoms with E-state index in [4.69, 9.17) is 0 Å². The molecule has 2 atom stereocenters. The molecule has 2 N–H and O–H groups in total. The molecule has 18 heavy (non-hydrogen) atoms. The number of hydrogen-bond acceptors (Lipinski definition) is 4. The molecule has 0 spiro atoms. The second kappa shape index (κ2) is 6.82. The number of benzene rings is 1. The molecule has 0 aromatic heterocycles. The Morgan fingerprint density at radius 1 is 1.50 bits per heavy atom. The van der Waals surface area contributed by atoms with Gasteiger partial charge in [0.15, 0.2) is 0 Å². The van der Waals surface area contributed by atoms with Crippen molar-refractivity contribution < 1.29 is 24.1 Å². The van der Waals surface area contributed by atoms with Gasteiger partial charge in [-0.2, -0.15) is 0 Å². The molecule has 0 aliphatic rings. The lowest BCUT2D eigenvalue weighted by atomic mass is 10.0. The summed E-state index contributed by atoms with van der Waals surface area (Å²) in [7, 11) is 1.20. The second-order valence-electron chi connectivity index (χ2n) is 3.72. The molecule has 2 unspecified atom stereocenters. The van der Waals surface area contributed by atoms with Crippen LogP contribution in [0.3, 0.4) is 0 Å². The third-order valence-electron chi connectivity index (χ3n) is 2.51. The molecule has 6 heteroatoms. The van der Waals surface area contributed by atoms with Crippen LogP contribution < -0.4 is 0 Å². The van der Waals surface area contributed by atoms with E-state index >= 15 is 0 Å². The summed E-state index contributed by atoms with van der Waals surface area (Å²) < 4.78 is 18.2. The van der Waals surface area contributed by atoms with E-state index in [9.17, 15) is 19.4 Å². The molecule has 0 heterocycles. The van der Waals surface area contributed by atoms with Gasteiger partial charge in [0.2, 0.25) is 0 Å². The van der Waals surface area contributed by atoms with Gasteiger partial charge in [-0.15, -0.1) is 0 Å². The number of alkyl halides is 1. The van der Waals surface area contributed by atoms with Crippen molar-refractivity contribution in [2.75, 3.05) is 12.4 Å². The van der Waals surface area contributed by atoms with Gasteiger partial charge in [0, 0.05) is 10.9 Å². The molecule has 4 nitrogen and oxygen atoms in total. The normalized spacial score (nSPS) is 14.1. The van der Waals surface area contributed by atoms with Crippen LogP contribution in [0.2, 0.25) is 0 Å². The van der Waals surface area contributed by atoms with Gasteiger partial charge in [0.05, 0.1) is 18.8 Å². The van der Waals surface area contributed by atoms with E-state index in [-0.39, 0.29) is 11.1 Å². The molecule has 0 amide bonds. The third-order valence-corrected chi connectivity index (χ3v) is 2.97. The Morgan fingerprint density at radius 3 is 2.67 bits per heavy atom. The first-order chi connectivity index (χ1) is 8.51. The Labute approximate surface area is 113 Å². The van der Waals surface area contributed by atoms with E-state index in [1.54, 1.807) is 0 Å². The van der Waals surface area contributed by atoms with Crippen molar-refractivity contribution >= 4 is 21.9 Å². The van der Waals surface area contributed by atoms with Gasteiger partial charge in [-0.05, 0) is 18.6 Å². The van der Waals surface area contributed by atoms with Gasteiger partial charge in [0.25, 0.3) is 0 Å². The number of hydrogen-bond donors (Lipinski definition) is 2. The Hall–Kier alpha value is -0.980. The number of carbonyl (C=O) groups excluding carboxylic acids is 1. The average Bonchev–Trinajstić information content (AvgIpc) is 2.37. The van der Waals surface area contributed by atoms with E-state index < -0.39 is 24.0 Å². The Kier molecular flexibility index (Phi) is 5.71. The van der Waals surface area contributed by atoms with Crippen LogP contribution in [0, 0.1) is 5.82 Å². The lowest BCUT2D eigenvalue weighted by Gasteiger charge is -2.18. The van der Waals surface area contributed by atoms with Gasteiger partial charge in [-0.25, -0.2) is 9.18 Å². The van der Waals surface area contributed by atoms with E-state index in [0.29, 0.717) is 11.8 Å². The van der Waals surface area contributed by atoms with Gasteiger partial charge >= 0.3 is 5.97 Å². The third kappa shape index (κ3) is 3.51. The Balaban J connectivity index is 2.94. The minimum atomic E-state index is -1.32. The highest BCUT2D eigenvalue weighted by Crippen LogP contribution is 2.23. The van der Waals surface area contributed by atoms with Crippen molar-refractivity contribution in [3.05, 3.63) is 35.1 Å². The first-order valence-electron chi connectivity index (χ1n) is 5.31. The number of ether oxygens (including phenoxy) is 1. The van der Waals surface area contributed by atoms with E-state index in [0.717, 1.165) is 6.07 Å². The number of rotatable bonds is 5. The van der Waals surface area contributed by atoms with Crippen LogP contribution in [0.4, 0.5) is 4.39 Å². The van der Waals surface area contributed by atoms with Gasteiger partial charge < -0.3 is 14.9 Å². The molecule has 100 valence electrons. The van der Waals surface area contributed by atoms with E-state index in [1.807, 2.05) is 0 Å². The van der Waals surface area contributed by atoms with Crippen LogP contribution in [0.1, 0.15) is 28.4 Å². The lowest BCUT2D eigenvalue weighted by molar-refractivity contribution is 0.0152. The first-order valence-corrected chi connectivity index (χ1v) is 6.43. The standard InChI is InChI=1S/C12H14BrFO4/c1-18-12(17)7-2-3-8(9(14)6-7)11(16)10(15)4-5-13/h2-3,6,10-11,15-16H,4-5H2,1H3. The summed E-state index contributed by atoms with van der Waals surface area (Å²) in [5, 5.41) is 19.8. The van der Waals surface area contributed by atoms with Crippen LogP contribution >= 0.6 is 15.9 Å². The Bertz CT molecular complexity index is 425. The molecule has 0 saturated heterocycles. The fourth-order valence-corrected chi connectivity index (χ4v) is 1.96. The fraction of sp³-hybridized carbons (Fsp3) is 0.417. The largest absolute Gasteiger partial charge is 0.465 e. The molecule has 1 aromatic rings. The summed E-state index contributed by atoms with van der Waals surface area (Å²) in [4.78, 5) is 11.2. The van der Waals surface area contributed by atoms with Crippen LogP contribution in [0.25, 0.3) is 0 Å². The van der Waals surface area contributed by atoms with Crippen molar-refractivity contribution in [1.29, 1.82) is 0 Å². The summed E-state index contributed by atoms with van der Waals surface area (Å²) in [6, 6.07) is 3.59. The summed E-state index contributed by atoms with van der Waals surface area (Å²) in [6.07, 6.45) is -2.10. The maximum atomic E-state index is 13.7. The number of carbonyl (C=O) groups is 1. The topological polar surface area (TPSA) is 66.8 Å². The van der Waals surface area contributed by atoms with Crippen LogP contribution in [0.5, 0.6) is 0 Å². The highest BCUT2D eigenvalue weighted by molar-refractivity contribution is 9.09. The van der Waals surface area contributed by atoms with Crippen LogP contribution in [-0.2, 0) is 4.74 Å². The summed E-state index contributed by atoms with van der Waals surface area (Å²) in [6.45, 7) is 0. The molecule has 1 aromatic carbocycles. The quantitative estimate of drug-likeness (QED) is 0.641. The average molecular weight is 321 g/mol. The second-order valence-corrected chi connectivity index (χ2v) is 4.51. The molecule has 0 aliphatic heterocycles. The van der Waals surface area contributed by atoms with Crippen LogP contribution in [-0.4, -0.2) is 34.7 Å². The number of halogens is 2. The van der Waals surface area contributed by atoms with Gasteiger partial charge in [-0.1, -0.05) is 22.0 Å². The maximum absolute atomic E-state index is 13.7. The van der Waals surface area contributed by atoms with E-state index in [1.165, 1.54) is 19.2 Å². The predicted molar refractivity (Wildman–Crippen MR) is 67.1 cm³/mol. The van der Waals surface area contributed by atoms with Crippen molar-refractivity contribution in [2.45, 2.75) is 18.6 Å². The molecule has 1 rings (SSSR count). The highest BCUT2D eigenvalue weighted by atomic mass is 79.9. The summed E-state index contributed by atoms with van der Waals surface area (Å²) in [5.74, 6) is -1.41. The monoisotopic (exact) mass is 320 g/mol. The fourth-order valence-electron chi connectivity index (χ4n) is 1.49. The number of methoxy groups -OCH3 is 1. The number of esters is 1. The van der Waals surface area contributed by atoms with Crippen molar-refractivity contribution in [3.8, 4) is 0 Å². The molecule has 0 saturated carbocycles. The molecular formula is C12H14BrFO4. The van der Waals surface area contributed by atoms with Gasteiger partial charge in [-0.3, -0.25) is 0 Å².